The van der Waals surface area contributed by atoms with Crippen molar-refractivity contribution in [3.8, 4) is 12.3 Å². The second-order valence-electron chi connectivity index (χ2n) is 4.01. The molecule has 2 heterocycles. The highest BCUT2D eigenvalue weighted by Gasteiger charge is 2.56. The van der Waals surface area contributed by atoms with Gasteiger partial charge in [0.2, 0.25) is 5.60 Å². The molecule has 0 saturated carbocycles. The van der Waals surface area contributed by atoms with Crippen LogP contribution in [0.3, 0.4) is 0 Å². The zero-order valence-electron chi connectivity index (χ0n) is 9.55. The Morgan fingerprint density at radius 2 is 2.32 bits per heavy atom. The number of ether oxygens (including phenoxy) is 1. The summed E-state index contributed by atoms with van der Waals surface area (Å²) in [5.74, 6) is 1.92. The summed E-state index contributed by atoms with van der Waals surface area (Å²) >= 11 is 0. The maximum Gasteiger partial charge on any atom is 0.347 e. The lowest BCUT2D eigenvalue weighted by molar-refractivity contribution is -0.0837. The Balaban J connectivity index is 2.52. The van der Waals surface area contributed by atoms with Crippen molar-refractivity contribution in [2.24, 2.45) is 0 Å². The summed E-state index contributed by atoms with van der Waals surface area (Å²) in [7, 11) is 0. The van der Waals surface area contributed by atoms with E-state index in [4.69, 9.17) is 16.3 Å². The highest BCUT2D eigenvalue weighted by Crippen LogP contribution is 2.36. The van der Waals surface area contributed by atoms with Gasteiger partial charge in [-0.2, -0.15) is 9.78 Å². The number of nitrogens with zero attached hydrogens (tertiary/aromatic N) is 2. The third-order valence-electron chi connectivity index (χ3n) is 2.85. The van der Waals surface area contributed by atoms with E-state index in [0.29, 0.717) is 4.68 Å². The summed E-state index contributed by atoms with van der Waals surface area (Å²) in [5.41, 5.74) is -3.94. The van der Waals surface area contributed by atoms with Gasteiger partial charge in [-0.1, -0.05) is 5.92 Å². The Morgan fingerprint density at radius 3 is 2.84 bits per heavy atom. The van der Waals surface area contributed by atoms with Crippen molar-refractivity contribution >= 4 is 0 Å². The molecule has 1 saturated heterocycles. The third-order valence-corrected chi connectivity index (χ3v) is 2.85. The fourth-order valence-electron chi connectivity index (χ4n) is 1.85. The van der Waals surface area contributed by atoms with E-state index >= 15 is 0 Å². The molecule has 1 aromatic heterocycles. The first-order chi connectivity index (χ1) is 8.93. The number of terminal acetylenes is 1. The van der Waals surface area contributed by atoms with E-state index in [1.54, 1.807) is 0 Å². The van der Waals surface area contributed by atoms with Crippen LogP contribution in [-0.2, 0) is 4.74 Å². The number of aromatic nitrogens is 3. The van der Waals surface area contributed by atoms with Crippen LogP contribution in [0.5, 0.6) is 0 Å². The minimum Gasteiger partial charge on any atom is -0.394 e. The molecule has 0 amide bonds. The summed E-state index contributed by atoms with van der Waals surface area (Å²) < 4.78 is 5.72. The van der Waals surface area contributed by atoms with Crippen LogP contribution in [0.4, 0.5) is 0 Å². The Bertz CT molecular complexity index is 631. The number of hydrogen-bond acceptors (Lipinski definition) is 7. The second-order valence-corrected chi connectivity index (χ2v) is 4.01. The zero-order valence-corrected chi connectivity index (χ0v) is 9.55. The average molecular weight is 269 g/mol. The van der Waals surface area contributed by atoms with E-state index in [2.05, 4.69) is 5.10 Å². The molecule has 9 nitrogen and oxygen atoms in total. The molecule has 19 heavy (non-hydrogen) atoms. The number of aromatic amines is 1. The molecule has 1 fully saturated rings. The molecule has 0 aromatic carbocycles. The van der Waals surface area contributed by atoms with Gasteiger partial charge in [-0.3, -0.25) is 9.78 Å². The second kappa shape index (κ2) is 4.60. The van der Waals surface area contributed by atoms with Gasteiger partial charge in [0.15, 0.2) is 6.23 Å². The fraction of sp³-hybridized carbons (Fsp3) is 0.500. The standard InChI is InChI=1S/C10H11N3O6/c1-2-10(18)7(16)5(4-14)19-8(10)13-9(17)12-6(15)3-11-13/h1,3,5,7-8,14,16,18H,4H2,(H,12,15,17)/t5-,7?,8-,10-/m1/s1. The Labute approximate surface area is 106 Å². The summed E-state index contributed by atoms with van der Waals surface area (Å²) in [5, 5.41) is 32.5. The molecule has 4 N–H and O–H groups in total. The SMILES string of the molecule is C#C[C@@]1(O)C(O)[C@@H](CO)O[C@H]1n1ncc(=O)[nH]c1=O. The molecule has 1 aromatic rings. The lowest BCUT2D eigenvalue weighted by Gasteiger charge is -2.25. The Kier molecular flexibility index (Phi) is 3.25. The minimum atomic E-state index is -2.25. The van der Waals surface area contributed by atoms with Gasteiger partial charge in [-0.15, -0.1) is 6.42 Å². The molecule has 1 aliphatic rings. The smallest absolute Gasteiger partial charge is 0.347 e. The third kappa shape index (κ3) is 1.96. The summed E-state index contributed by atoms with van der Waals surface area (Å²) in [6.45, 7) is -0.611. The van der Waals surface area contributed by atoms with Crippen LogP contribution in [0.15, 0.2) is 15.8 Å². The molecule has 4 atom stereocenters. The quantitative estimate of drug-likeness (QED) is 0.409. The minimum absolute atomic E-state index is 0.597. The molecule has 0 aliphatic carbocycles. The van der Waals surface area contributed by atoms with Crippen LogP contribution in [0, 0.1) is 12.3 Å². The van der Waals surface area contributed by atoms with Crippen molar-refractivity contribution in [1.29, 1.82) is 0 Å². The Morgan fingerprint density at radius 1 is 1.63 bits per heavy atom. The molecule has 102 valence electrons. The van der Waals surface area contributed by atoms with E-state index in [0.717, 1.165) is 6.20 Å². The molecular weight excluding hydrogens is 258 g/mol. The van der Waals surface area contributed by atoms with E-state index < -0.39 is 41.9 Å². The van der Waals surface area contributed by atoms with Crippen molar-refractivity contribution in [2.75, 3.05) is 6.61 Å². The van der Waals surface area contributed by atoms with Gasteiger partial charge in [-0.05, 0) is 0 Å². The summed E-state index contributed by atoms with van der Waals surface area (Å²) in [6.07, 6.45) is 1.64. The molecular formula is C10H11N3O6. The van der Waals surface area contributed by atoms with Gasteiger partial charge in [0.05, 0.1) is 6.61 Å². The van der Waals surface area contributed by atoms with Crippen molar-refractivity contribution in [2.45, 2.75) is 24.0 Å². The first-order valence-corrected chi connectivity index (χ1v) is 5.26. The van der Waals surface area contributed by atoms with Crippen LogP contribution in [0.25, 0.3) is 0 Å². The van der Waals surface area contributed by atoms with Crippen LogP contribution < -0.4 is 11.2 Å². The van der Waals surface area contributed by atoms with Crippen LogP contribution >= 0.6 is 0 Å². The van der Waals surface area contributed by atoms with Crippen molar-refractivity contribution in [3.05, 3.63) is 27.0 Å². The molecule has 2 rings (SSSR count). The number of H-pyrrole nitrogens is 1. The van der Waals surface area contributed by atoms with Gasteiger partial charge in [-0.25, -0.2) is 4.79 Å². The number of aliphatic hydroxyl groups is 3. The maximum atomic E-state index is 11.6. The summed E-state index contributed by atoms with van der Waals surface area (Å²) in [4.78, 5) is 24.4. The van der Waals surface area contributed by atoms with E-state index in [-0.39, 0.29) is 0 Å². The van der Waals surface area contributed by atoms with E-state index in [1.165, 1.54) is 0 Å². The normalized spacial score (nSPS) is 34.1. The number of aliphatic hydroxyl groups excluding tert-OH is 2. The van der Waals surface area contributed by atoms with Crippen molar-refractivity contribution in [1.82, 2.24) is 14.8 Å². The molecule has 0 spiro atoms. The lowest BCUT2D eigenvalue weighted by atomic mass is 9.95. The van der Waals surface area contributed by atoms with Gasteiger partial charge >= 0.3 is 5.69 Å². The molecule has 9 heteroatoms. The average Bonchev–Trinajstić information content (AvgIpc) is 2.63. The molecule has 0 bridgehead atoms. The molecule has 1 aliphatic heterocycles. The van der Waals surface area contributed by atoms with Gasteiger partial charge in [0.25, 0.3) is 5.56 Å². The highest BCUT2D eigenvalue weighted by atomic mass is 16.6. The number of hydrogen-bond donors (Lipinski definition) is 4. The van der Waals surface area contributed by atoms with E-state index in [1.807, 2.05) is 10.9 Å². The zero-order chi connectivity index (χ0) is 14.2. The maximum absolute atomic E-state index is 11.6. The van der Waals surface area contributed by atoms with Gasteiger partial charge < -0.3 is 20.1 Å². The van der Waals surface area contributed by atoms with Crippen molar-refractivity contribution in [3.63, 3.8) is 0 Å². The van der Waals surface area contributed by atoms with Crippen LogP contribution in [0.1, 0.15) is 6.23 Å². The van der Waals surface area contributed by atoms with Crippen LogP contribution in [-0.4, -0.2) is 54.5 Å². The topological polar surface area (TPSA) is 138 Å². The van der Waals surface area contributed by atoms with Crippen LogP contribution in [0.2, 0.25) is 0 Å². The first-order valence-electron chi connectivity index (χ1n) is 5.26. The highest BCUT2D eigenvalue weighted by molar-refractivity contribution is 5.18. The lowest BCUT2D eigenvalue weighted by Crippen LogP contribution is -2.48. The first kappa shape index (κ1) is 13.4. The predicted octanol–water partition coefficient (Wildman–Crippen LogP) is -3.45. The summed E-state index contributed by atoms with van der Waals surface area (Å²) in [6, 6.07) is 0. The monoisotopic (exact) mass is 269 g/mol. The predicted molar refractivity (Wildman–Crippen MR) is 59.9 cm³/mol. The van der Waals surface area contributed by atoms with Crippen molar-refractivity contribution < 1.29 is 20.1 Å². The molecule has 1 unspecified atom stereocenters. The number of rotatable bonds is 2. The van der Waals surface area contributed by atoms with Gasteiger partial charge in [0.1, 0.15) is 18.4 Å². The fourth-order valence-corrected chi connectivity index (χ4v) is 1.85. The largest absolute Gasteiger partial charge is 0.394 e. The Hall–Kier alpha value is -1.99. The number of nitrogens with one attached hydrogen (secondary N) is 1. The van der Waals surface area contributed by atoms with Gasteiger partial charge in [0, 0.05) is 0 Å². The molecule has 0 radical (unpaired) electrons. The van der Waals surface area contributed by atoms with E-state index in [9.17, 15) is 19.8 Å².